The molecule has 1 saturated carbocycles. The molecule has 2 unspecified atom stereocenters. The first-order valence-electron chi connectivity index (χ1n) is 6.46. The monoisotopic (exact) mass is 222 g/mol. The zero-order valence-corrected chi connectivity index (χ0v) is 10.1. The number of hydrogen-bond acceptors (Lipinski definition) is 3. The summed E-state index contributed by atoms with van der Waals surface area (Å²) in [7, 11) is 0. The first-order valence-corrected chi connectivity index (χ1v) is 6.46. The van der Waals surface area contributed by atoms with Gasteiger partial charge in [0.15, 0.2) is 0 Å². The average Bonchev–Trinajstić information content (AvgIpc) is 2.95. The predicted molar refractivity (Wildman–Crippen MR) is 64.1 cm³/mol. The molecule has 0 spiro atoms. The third-order valence-corrected chi connectivity index (χ3v) is 3.61. The highest BCUT2D eigenvalue weighted by atomic mass is 15.2. The fraction of sp³-hybridized carbons (Fsp3) is 0.833. The lowest BCUT2D eigenvalue weighted by atomic mass is 10.1. The molecule has 2 N–H and O–H groups in total. The number of rotatable bonds is 6. The molecule has 90 valence electrons. The molecule has 4 nitrogen and oxygen atoms in total. The number of aryl methyl sites for hydroxylation is 1. The maximum Gasteiger partial charge on any atom is 0.137 e. The van der Waals surface area contributed by atoms with Crippen molar-refractivity contribution in [2.75, 3.05) is 6.54 Å². The van der Waals surface area contributed by atoms with Crippen LogP contribution in [0.15, 0.2) is 6.33 Å². The lowest BCUT2D eigenvalue weighted by Gasteiger charge is -2.12. The van der Waals surface area contributed by atoms with Crippen molar-refractivity contribution in [2.45, 2.75) is 51.5 Å². The normalized spacial score (nSPS) is 25.1. The SMILES string of the molecule is CCC1CCC(NCCCc2ncn[nH]2)C1. The molecule has 1 fully saturated rings. The van der Waals surface area contributed by atoms with Gasteiger partial charge < -0.3 is 5.32 Å². The Morgan fingerprint density at radius 1 is 1.50 bits per heavy atom. The van der Waals surface area contributed by atoms with Crippen LogP contribution in [0.25, 0.3) is 0 Å². The molecule has 1 aromatic heterocycles. The smallest absolute Gasteiger partial charge is 0.137 e. The second-order valence-electron chi connectivity index (χ2n) is 4.77. The number of nitrogens with zero attached hydrogens (tertiary/aromatic N) is 2. The highest BCUT2D eigenvalue weighted by Gasteiger charge is 2.22. The first-order chi connectivity index (χ1) is 7.88. The van der Waals surface area contributed by atoms with Crippen molar-refractivity contribution in [1.82, 2.24) is 20.5 Å². The van der Waals surface area contributed by atoms with E-state index >= 15 is 0 Å². The quantitative estimate of drug-likeness (QED) is 0.723. The number of nitrogens with one attached hydrogen (secondary N) is 2. The fourth-order valence-electron chi connectivity index (χ4n) is 2.54. The minimum absolute atomic E-state index is 0.764. The molecule has 0 bridgehead atoms. The Labute approximate surface area is 97.2 Å². The summed E-state index contributed by atoms with van der Waals surface area (Å²) < 4.78 is 0. The molecule has 1 aliphatic carbocycles. The molecule has 2 atom stereocenters. The Hall–Kier alpha value is -0.900. The molecular weight excluding hydrogens is 200 g/mol. The maximum atomic E-state index is 4.12. The number of aromatic nitrogens is 3. The van der Waals surface area contributed by atoms with Crippen molar-refractivity contribution in [3.8, 4) is 0 Å². The van der Waals surface area contributed by atoms with Crippen molar-refractivity contribution in [3.05, 3.63) is 12.2 Å². The van der Waals surface area contributed by atoms with Crippen LogP contribution >= 0.6 is 0 Å². The first kappa shape index (κ1) is 11.6. The summed E-state index contributed by atoms with van der Waals surface area (Å²) in [5.41, 5.74) is 0. The van der Waals surface area contributed by atoms with E-state index in [1.54, 1.807) is 6.33 Å². The summed E-state index contributed by atoms with van der Waals surface area (Å²) in [6, 6.07) is 0.764. The van der Waals surface area contributed by atoms with Gasteiger partial charge >= 0.3 is 0 Å². The van der Waals surface area contributed by atoms with Crippen molar-refractivity contribution >= 4 is 0 Å². The van der Waals surface area contributed by atoms with Crippen molar-refractivity contribution in [2.24, 2.45) is 5.92 Å². The zero-order chi connectivity index (χ0) is 11.2. The van der Waals surface area contributed by atoms with E-state index in [-0.39, 0.29) is 0 Å². The van der Waals surface area contributed by atoms with Crippen LogP contribution in [0.2, 0.25) is 0 Å². The Bertz CT molecular complexity index is 283. The van der Waals surface area contributed by atoms with Crippen LogP contribution < -0.4 is 5.32 Å². The van der Waals surface area contributed by atoms with Gasteiger partial charge in [-0.25, -0.2) is 4.98 Å². The van der Waals surface area contributed by atoms with Gasteiger partial charge in [-0.3, -0.25) is 5.10 Å². The number of hydrogen-bond donors (Lipinski definition) is 2. The second-order valence-corrected chi connectivity index (χ2v) is 4.77. The molecule has 1 aromatic rings. The Morgan fingerprint density at radius 2 is 2.44 bits per heavy atom. The van der Waals surface area contributed by atoms with E-state index in [0.29, 0.717) is 0 Å². The molecule has 0 amide bonds. The fourth-order valence-corrected chi connectivity index (χ4v) is 2.54. The molecular formula is C12H22N4. The van der Waals surface area contributed by atoms with E-state index in [1.165, 1.54) is 25.7 Å². The van der Waals surface area contributed by atoms with Crippen LogP contribution in [0, 0.1) is 5.92 Å². The Kier molecular flexibility index (Phi) is 4.34. The van der Waals surface area contributed by atoms with Gasteiger partial charge in [0.1, 0.15) is 12.2 Å². The van der Waals surface area contributed by atoms with Gasteiger partial charge in [-0.05, 0) is 38.1 Å². The van der Waals surface area contributed by atoms with E-state index in [9.17, 15) is 0 Å². The molecule has 0 aliphatic heterocycles. The lowest BCUT2D eigenvalue weighted by Crippen LogP contribution is -2.27. The van der Waals surface area contributed by atoms with Crippen LogP contribution in [0.1, 0.15) is 44.9 Å². The van der Waals surface area contributed by atoms with E-state index in [0.717, 1.165) is 37.2 Å². The summed E-state index contributed by atoms with van der Waals surface area (Å²) in [6.07, 6.45) is 9.21. The Balaban J connectivity index is 1.55. The molecule has 2 rings (SSSR count). The van der Waals surface area contributed by atoms with E-state index in [1.807, 2.05) is 0 Å². The predicted octanol–water partition coefficient (Wildman–Crippen LogP) is 1.91. The van der Waals surface area contributed by atoms with Gasteiger partial charge in [0.25, 0.3) is 0 Å². The maximum absolute atomic E-state index is 4.12. The highest BCUT2D eigenvalue weighted by molar-refractivity contribution is 4.82. The van der Waals surface area contributed by atoms with E-state index < -0.39 is 0 Å². The Morgan fingerprint density at radius 3 is 3.12 bits per heavy atom. The molecule has 1 heterocycles. The van der Waals surface area contributed by atoms with Crippen LogP contribution in [-0.4, -0.2) is 27.8 Å². The van der Waals surface area contributed by atoms with Crippen LogP contribution in [-0.2, 0) is 6.42 Å². The minimum Gasteiger partial charge on any atom is -0.314 e. The van der Waals surface area contributed by atoms with Crippen molar-refractivity contribution in [1.29, 1.82) is 0 Å². The summed E-state index contributed by atoms with van der Waals surface area (Å²) in [6.45, 7) is 3.40. The molecule has 0 aromatic carbocycles. The standard InChI is InChI=1S/C12H22N4/c1-2-10-5-6-11(8-10)13-7-3-4-12-14-9-15-16-12/h9-11,13H,2-8H2,1H3,(H,14,15,16). The molecule has 16 heavy (non-hydrogen) atoms. The van der Waals surface area contributed by atoms with Crippen LogP contribution in [0.4, 0.5) is 0 Å². The summed E-state index contributed by atoms with van der Waals surface area (Å²) in [5, 5.41) is 10.4. The molecule has 4 heteroatoms. The van der Waals surface area contributed by atoms with Crippen LogP contribution in [0.3, 0.4) is 0 Å². The van der Waals surface area contributed by atoms with Gasteiger partial charge in [0, 0.05) is 12.5 Å². The zero-order valence-electron chi connectivity index (χ0n) is 10.1. The van der Waals surface area contributed by atoms with E-state index in [4.69, 9.17) is 0 Å². The molecule has 0 radical (unpaired) electrons. The largest absolute Gasteiger partial charge is 0.314 e. The second kappa shape index (κ2) is 5.99. The highest BCUT2D eigenvalue weighted by Crippen LogP contribution is 2.27. The summed E-state index contributed by atoms with van der Waals surface area (Å²) in [4.78, 5) is 4.12. The molecule has 1 aliphatic rings. The van der Waals surface area contributed by atoms with Crippen molar-refractivity contribution < 1.29 is 0 Å². The number of H-pyrrole nitrogens is 1. The van der Waals surface area contributed by atoms with Gasteiger partial charge in [-0.15, -0.1) is 0 Å². The van der Waals surface area contributed by atoms with Gasteiger partial charge in [-0.2, -0.15) is 5.10 Å². The lowest BCUT2D eigenvalue weighted by molar-refractivity contribution is 0.473. The van der Waals surface area contributed by atoms with Gasteiger partial charge in [-0.1, -0.05) is 13.3 Å². The van der Waals surface area contributed by atoms with Gasteiger partial charge in [0.05, 0.1) is 0 Å². The summed E-state index contributed by atoms with van der Waals surface area (Å²) in [5.74, 6) is 1.96. The summed E-state index contributed by atoms with van der Waals surface area (Å²) >= 11 is 0. The van der Waals surface area contributed by atoms with Crippen molar-refractivity contribution in [3.63, 3.8) is 0 Å². The van der Waals surface area contributed by atoms with Crippen LogP contribution in [0.5, 0.6) is 0 Å². The topological polar surface area (TPSA) is 53.6 Å². The van der Waals surface area contributed by atoms with Gasteiger partial charge in [0.2, 0.25) is 0 Å². The number of aromatic amines is 1. The minimum atomic E-state index is 0.764. The van der Waals surface area contributed by atoms with E-state index in [2.05, 4.69) is 27.4 Å². The third kappa shape index (κ3) is 3.30. The molecule has 0 saturated heterocycles. The third-order valence-electron chi connectivity index (χ3n) is 3.61. The average molecular weight is 222 g/mol.